The van der Waals surface area contributed by atoms with Crippen LogP contribution in [0.5, 0.6) is 0 Å². The number of oxazole rings is 1. The molecule has 86 valence electrons. The highest BCUT2D eigenvalue weighted by atomic mass is 16.6. The first-order valence-corrected chi connectivity index (χ1v) is 5.09. The highest BCUT2D eigenvalue weighted by molar-refractivity contribution is 5.73. The van der Waals surface area contributed by atoms with Crippen LogP contribution in [-0.2, 0) is 11.4 Å². The zero-order valence-electron chi connectivity index (χ0n) is 9.27. The minimum absolute atomic E-state index is 0.0581. The van der Waals surface area contributed by atoms with E-state index in [2.05, 4.69) is 4.84 Å². The van der Waals surface area contributed by atoms with E-state index in [9.17, 15) is 4.79 Å². The summed E-state index contributed by atoms with van der Waals surface area (Å²) in [6, 6.07) is 5.49. The first-order valence-electron chi connectivity index (χ1n) is 5.09. The molecule has 0 saturated carbocycles. The van der Waals surface area contributed by atoms with Crippen molar-refractivity contribution in [3.63, 3.8) is 0 Å². The van der Waals surface area contributed by atoms with E-state index < -0.39 is 0 Å². The van der Waals surface area contributed by atoms with E-state index in [1.54, 1.807) is 10.6 Å². The molecular formula is C11H14N2O3. The summed E-state index contributed by atoms with van der Waals surface area (Å²) in [6.07, 6.45) is 0. The molecule has 2 rings (SSSR count). The summed E-state index contributed by atoms with van der Waals surface area (Å²) in [5.41, 5.74) is 2.26. The third kappa shape index (κ3) is 1.75. The van der Waals surface area contributed by atoms with Gasteiger partial charge in [-0.25, -0.2) is 10.7 Å². The molecule has 1 aromatic carbocycles. The smallest absolute Gasteiger partial charge is 0.408 e. The first-order chi connectivity index (χ1) is 7.63. The van der Waals surface area contributed by atoms with Gasteiger partial charge in [-0.15, -0.1) is 0 Å². The van der Waals surface area contributed by atoms with Crippen LogP contribution in [-0.4, -0.2) is 4.57 Å². The number of nitrogens with two attached hydrogens (primary N) is 1. The molecule has 0 fully saturated rings. The Morgan fingerprint density at radius 3 is 2.88 bits per heavy atom. The average Bonchev–Trinajstić information content (AvgIpc) is 2.53. The lowest BCUT2D eigenvalue weighted by molar-refractivity contribution is 0.124. The first kappa shape index (κ1) is 10.9. The monoisotopic (exact) mass is 222 g/mol. The van der Waals surface area contributed by atoms with Gasteiger partial charge in [-0.3, -0.25) is 9.40 Å². The molecule has 2 aromatic rings. The van der Waals surface area contributed by atoms with Crippen molar-refractivity contribution in [2.24, 2.45) is 5.90 Å². The Kier molecular flexibility index (Phi) is 2.80. The zero-order valence-corrected chi connectivity index (χ0v) is 9.27. The van der Waals surface area contributed by atoms with Crippen molar-refractivity contribution in [3.8, 4) is 0 Å². The van der Waals surface area contributed by atoms with Crippen LogP contribution in [0.1, 0.15) is 25.5 Å². The predicted molar refractivity (Wildman–Crippen MR) is 59.8 cm³/mol. The highest BCUT2D eigenvalue weighted by Gasteiger charge is 2.12. The Morgan fingerprint density at radius 1 is 1.50 bits per heavy atom. The maximum absolute atomic E-state index is 11.6. The fourth-order valence-electron chi connectivity index (χ4n) is 1.75. The molecule has 0 radical (unpaired) electrons. The summed E-state index contributed by atoms with van der Waals surface area (Å²) in [7, 11) is 0. The molecular weight excluding hydrogens is 208 g/mol. The summed E-state index contributed by atoms with van der Waals surface area (Å²) in [5.74, 6) is 4.68. The zero-order chi connectivity index (χ0) is 11.7. The van der Waals surface area contributed by atoms with Gasteiger partial charge in [-0.2, -0.15) is 0 Å². The SMILES string of the molecule is CC(C)n1c(=O)oc2ccc(CON)cc21. The Hall–Kier alpha value is -1.59. The number of aromatic nitrogens is 1. The second-order valence-electron chi connectivity index (χ2n) is 3.94. The Labute approximate surface area is 92.4 Å². The van der Waals surface area contributed by atoms with Crippen LogP contribution < -0.4 is 11.7 Å². The third-order valence-electron chi connectivity index (χ3n) is 2.44. The number of hydrogen-bond acceptors (Lipinski definition) is 4. The van der Waals surface area contributed by atoms with Crippen LogP contribution in [0, 0.1) is 0 Å². The van der Waals surface area contributed by atoms with Crippen LogP contribution in [0.15, 0.2) is 27.4 Å². The molecule has 0 saturated heterocycles. The van der Waals surface area contributed by atoms with E-state index in [0.29, 0.717) is 12.2 Å². The van der Waals surface area contributed by atoms with Crippen molar-refractivity contribution in [2.75, 3.05) is 0 Å². The van der Waals surface area contributed by atoms with Crippen LogP contribution >= 0.6 is 0 Å². The predicted octanol–water partition coefficient (Wildman–Crippen LogP) is 1.57. The van der Waals surface area contributed by atoms with Crippen LogP contribution in [0.25, 0.3) is 11.1 Å². The number of benzene rings is 1. The van der Waals surface area contributed by atoms with Gasteiger partial charge in [0.2, 0.25) is 0 Å². The molecule has 0 aliphatic rings. The molecule has 1 heterocycles. The molecule has 2 N–H and O–H groups in total. The van der Waals surface area contributed by atoms with Gasteiger partial charge in [-0.05, 0) is 31.5 Å². The minimum Gasteiger partial charge on any atom is -0.408 e. The minimum atomic E-state index is -0.337. The van der Waals surface area contributed by atoms with Crippen molar-refractivity contribution in [1.29, 1.82) is 0 Å². The quantitative estimate of drug-likeness (QED) is 0.800. The van der Waals surface area contributed by atoms with Crippen molar-refractivity contribution in [2.45, 2.75) is 26.5 Å². The summed E-state index contributed by atoms with van der Waals surface area (Å²) in [6.45, 7) is 4.18. The van der Waals surface area contributed by atoms with Gasteiger partial charge < -0.3 is 4.42 Å². The number of hydrogen-bond donors (Lipinski definition) is 1. The van der Waals surface area contributed by atoms with Gasteiger partial charge in [0.1, 0.15) is 0 Å². The number of nitrogens with zero attached hydrogens (tertiary/aromatic N) is 1. The number of fused-ring (bicyclic) bond motifs is 1. The normalized spacial score (nSPS) is 11.5. The molecule has 0 spiro atoms. The molecule has 0 atom stereocenters. The largest absolute Gasteiger partial charge is 0.420 e. The van der Waals surface area contributed by atoms with Gasteiger partial charge in [0.15, 0.2) is 5.58 Å². The molecule has 5 heteroatoms. The topological polar surface area (TPSA) is 70.4 Å². The molecule has 1 aromatic heterocycles. The van der Waals surface area contributed by atoms with E-state index in [4.69, 9.17) is 10.3 Å². The standard InChI is InChI=1S/C11H14N2O3/c1-7(2)13-9-5-8(6-15-12)3-4-10(9)16-11(13)14/h3-5,7H,6,12H2,1-2H3. The lowest BCUT2D eigenvalue weighted by Crippen LogP contribution is -2.16. The van der Waals surface area contributed by atoms with E-state index >= 15 is 0 Å². The molecule has 16 heavy (non-hydrogen) atoms. The Balaban J connectivity index is 2.65. The van der Waals surface area contributed by atoms with Crippen molar-refractivity contribution < 1.29 is 9.25 Å². The summed E-state index contributed by atoms with van der Waals surface area (Å²) in [4.78, 5) is 16.2. The fourth-order valence-corrected chi connectivity index (χ4v) is 1.75. The van der Waals surface area contributed by atoms with Crippen LogP contribution in [0.3, 0.4) is 0 Å². The van der Waals surface area contributed by atoms with Gasteiger partial charge in [-0.1, -0.05) is 6.07 Å². The second-order valence-corrected chi connectivity index (χ2v) is 3.94. The van der Waals surface area contributed by atoms with E-state index in [1.807, 2.05) is 26.0 Å². The summed E-state index contributed by atoms with van der Waals surface area (Å²) < 4.78 is 6.74. The maximum Gasteiger partial charge on any atom is 0.420 e. The Morgan fingerprint density at radius 2 is 2.25 bits per heavy atom. The molecule has 0 aliphatic carbocycles. The highest BCUT2D eigenvalue weighted by Crippen LogP contribution is 2.18. The molecule has 0 aliphatic heterocycles. The van der Waals surface area contributed by atoms with Gasteiger partial charge in [0, 0.05) is 6.04 Å². The lowest BCUT2D eigenvalue weighted by atomic mass is 10.2. The summed E-state index contributed by atoms with van der Waals surface area (Å²) >= 11 is 0. The van der Waals surface area contributed by atoms with Gasteiger partial charge in [0.05, 0.1) is 12.1 Å². The fraction of sp³-hybridized carbons (Fsp3) is 0.364. The van der Waals surface area contributed by atoms with Gasteiger partial charge in [0.25, 0.3) is 0 Å². The molecule has 5 nitrogen and oxygen atoms in total. The van der Waals surface area contributed by atoms with Crippen LogP contribution in [0.2, 0.25) is 0 Å². The average molecular weight is 222 g/mol. The van der Waals surface area contributed by atoms with Crippen molar-refractivity contribution in [1.82, 2.24) is 4.57 Å². The summed E-state index contributed by atoms with van der Waals surface area (Å²) in [5, 5.41) is 0. The molecule has 0 unspecified atom stereocenters. The van der Waals surface area contributed by atoms with Crippen molar-refractivity contribution >= 4 is 11.1 Å². The van der Waals surface area contributed by atoms with Crippen molar-refractivity contribution in [3.05, 3.63) is 34.3 Å². The molecule has 0 bridgehead atoms. The number of rotatable bonds is 3. The van der Waals surface area contributed by atoms with E-state index in [-0.39, 0.29) is 11.8 Å². The van der Waals surface area contributed by atoms with Crippen LogP contribution in [0.4, 0.5) is 0 Å². The Bertz CT molecular complexity index is 554. The van der Waals surface area contributed by atoms with E-state index in [1.165, 1.54) is 0 Å². The third-order valence-corrected chi connectivity index (χ3v) is 2.44. The molecule has 0 amide bonds. The maximum atomic E-state index is 11.6. The lowest BCUT2D eigenvalue weighted by Gasteiger charge is -2.06. The van der Waals surface area contributed by atoms with Gasteiger partial charge >= 0.3 is 5.76 Å². The van der Waals surface area contributed by atoms with E-state index in [0.717, 1.165) is 11.1 Å². The second kappa shape index (κ2) is 4.11.